The van der Waals surface area contributed by atoms with Crippen molar-refractivity contribution in [3.8, 4) is 16.9 Å². The summed E-state index contributed by atoms with van der Waals surface area (Å²) in [7, 11) is 0. The molecule has 0 aliphatic heterocycles. The Hall–Kier alpha value is -4.04. The van der Waals surface area contributed by atoms with E-state index >= 15 is 0 Å². The summed E-state index contributed by atoms with van der Waals surface area (Å²) >= 11 is 1.40. The summed E-state index contributed by atoms with van der Waals surface area (Å²) < 4.78 is 61.9. The van der Waals surface area contributed by atoms with Gasteiger partial charge in [0.05, 0.1) is 5.56 Å². The van der Waals surface area contributed by atoms with E-state index in [4.69, 9.17) is 9.84 Å². The number of thioether (sulfide) groups is 1. The maximum absolute atomic E-state index is 14.3. The summed E-state index contributed by atoms with van der Waals surface area (Å²) in [4.78, 5) is 11.6. The normalized spacial score (nSPS) is 11.9. The average molecular weight is 553 g/mol. The molecule has 3 nitrogen and oxygen atoms in total. The summed E-state index contributed by atoms with van der Waals surface area (Å²) in [6, 6.07) is 23.7. The van der Waals surface area contributed by atoms with E-state index in [0.717, 1.165) is 16.5 Å². The molecule has 0 aliphatic rings. The molecule has 0 atom stereocenters. The molecule has 4 aromatic carbocycles. The number of ether oxygens (including phenoxy) is 1. The molecular formula is C31H24F4O3S. The third-order valence-electron chi connectivity index (χ3n) is 5.91. The highest BCUT2D eigenvalue weighted by Gasteiger charge is 2.34. The van der Waals surface area contributed by atoms with E-state index in [1.165, 1.54) is 42.1 Å². The van der Waals surface area contributed by atoms with E-state index in [1.54, 1.807) is 61.5 Å². The Morgan fingerprint density at radius 1 is 0.923 bits per heavy atom. The zero-order chi connectivity index (χ0) is 28.0. The molecule has 4 rings (SSSR count). The first-order chi connectivity index (χ1) is 18.6. The maximum atomic E-state index is 14.3. The molecule has 0 radical (unpaired) electrons. The van der Waals surface area contributed by atoms with E-state index in [9.17, 15) is 22.4 Å². The Labute approximate surface area is 227 Å². The summed E-state index contributed by atoms with van der Waals surface area (Å²) in [5, 5.41) is 8.81. The third-order valence-corrected chi connectivity index (χ3v) is 6.83. The molecule has 1 N–H and O–H groups in total. The van der Waals surface area contributed by atoms with Gasteiger partial charge in [0.2, 0.25) is 0 Å². The second-order valence-corrected chi connectivity index (χ2v) is 9.76. The number of hydrogen-bond acceptors (Lipinski definition) is 3. The highest BCUT2D eigenvalue weighted by atomic mass is 32.2. The van der Waals surface area contributed by atoms with Crippen LogP contribution in [-0.2, 0) is 11.0 Å². The van der Waals surface area contributed by atoms with Crippen molar-refractivity contribution in [2.45, 2.75) is 18.0 Å². The number of benzene rings is 4. The van der Waals surface area contributed by atoms with Crippen molar-refractivity contribution in [3.63, 3.8) is 0 Å². The minimum absolute atomic E-state index is 0.00277. The van der Waals surface area contributed by atoms with Gasteiger partial charge in [-0.3, -0.25) is 0 Å². The van der Waals surface area contributed by atoms with Crippen LogP contribution in [0.2, 0.25) is 0 Å². The van der Waals surface area contributed by atoms with Crippen molar-refractivity contribution in [1.29, 1.82) is 0 Å². The molecule has 0 aliphatic carbocycles. The van der Waals surface area contributed by atoms with Crippen LogP contribution in [0.4, 0.5) is 17.6 Å². The number of carbonyl (C=O) groups is 1. The average Bonchev–Trinajstić information content (AvgIpc) is 2.91. The van der Waals surface area contributed by atoms with Crippen LogP contribution in [0.1, 0.15) is 22.3 Å². The van der Waals surface area contributed by atoms with Gasteiger partial charge in [-0.05, 0) is 76.7 Å². The SMILES string of the molecule is Cc1cc(SC/C=C(\c2ccc(F)cc2)c2ccc(-c3ccccc3)cc2C(F)(F)F)ccc1OCC(=O)O. The molecule has 0 amide bonds. The maximum Gasteiger partial charge on any atom is 0.417 e. The van der Waals surface area contributed by atoms with Gasteiger partial charge in [0.15, 0.2) is 6.61 Å². The molecule has 0 unspecified atom stereocenters. The molecule has 4 aromatic rings. The predicted molar refractivity (Wildman–Crippen MR) is 145 cm³/mol. The van der Waals surface area contributed by atoms with Gasteiger partial charge in [0.1, 0.15) is 11.6 Å². The van der Waals surface area contributed by atoms with Crippen LogP contribution >= 0.6 is 11.8 Å². The zero-order valence-corrected chi connectivity index (χ0v) is 21.7. The van der Waals surface area contributed by atoms with Gasteiger partial charge in [-0.2, -0.15) is 13.2 Å². The van der Waals surface area contributed by atoms with Crippen molar-refractivity contribution in [1.82, 2.24) is 0 Å². The Bertz CT molecular complexity index is 1480. The smallest absolute Gasteiger partial charge is 0.417 e. The van der Waals surface area contributed by atoms with Gasteiger partial charge in [0, 0.05) is 10.6 Å². The van der Waals surface area contributed by atoms with Gasteiger partial charge < -0.3 is 9.84 Å². The highest BCUT2D eigenvalue weighted by molar-refractivity contribution is 7.99. The van der Waals surface area contributed by atoms with Gasteiger partial charge in [-0.1, -0.05) is 60.7 Å². The second kappa shape index (κ2) is 12.2. The lowest BCUT2D eigenvalue weighted by Crippen LogP contribution is -2.10. The highest BCUT2D eigenvalue weighted by Crippen LogP contribution is 2.40. The molecule has 39 heavy (non-hydrogen) atoms. The summed E-state index contributed by atoms with van der Waals surface area (Å²) in [5.74, 6) is -0.790. The number of alkyl halides is 3. The summed E-state index contributed by atoms with van der Waals surface area (Å²) in [6.45, 7) is 1.33. The van der Waals surface area contributed by atoms with Crippen molar-refractivity contribution in [2.75, 3.05) is 12.4 Å². The van der Waals surface area contributed by atoms with E-state index in [0.29, 0.717) is 33.8 Å². The van der Waals surface area contributed by atoms with Crippen LogP contribution in [0.15, 0.2) is 102 Å². The molecule has 0 spiro atoms. The standard InChI is InChI=1S/C31H24F4O3S/c1-20-17-25(12-14-29(20)38-19-30(36)37)39-16-15-26(22-7-10-24(32)11-8-22)27-13-9-23(18-28(27)31(33,34)35)21-5-3-2-4-6-21/h2-15,17-18H,16,19H2,1H3,(H,36,37)/b26-15+. The van der Waals surface area contributed by atoms with Gasteiger partial charge in [-0.25, -0.2) is 9.18 Å². The van der Waals surface area contributed by atoms with Crippen molar-refractivity contribution in [3.05, 3.63) is 125 Å². The largest absolute Gasteiger partial charge is 0.482 e. The van der Waals surface area contributed by atoms with Crippen LogP contribution in [0, 0.1) is 12.7 Å². The Morgan fingerprint density at radius 3 is 2.28 bits per heavy atom. The van der Waals surface area contributed by atoms with Gasteiger partial charge in [-0.15, -0.1) is 11.8 Å². The third kappa shape index (κ3) is 7.29. The molecule has 0 bridgehead atoms. The molecule has 8 heteroatoms. The second-order valence-electron chi connectivity index (χ2n) is 8.67. The van der Waals surface area contributed by atoms with Crippen LogP contribution in [-0.4, -0.2) is 23.4 Å². The van der Waals surface area contributed by atoms with Crippen molar-refractivity contribution in [2.24, 2.45) is 0 Å². The Kier molecular flexibility index (Phi) is 8.76. The van der Waals surface area contributed by atoms with E-state index < -0.39 is 30.1 Å². The summed E-state index contributed by atoms with van der Waals surface area (Å²) in [5.41, 5.74) is 1.88. The first-order valence-corrected chi connectivity index (χ1v) is 12.9. The number of halogens is 4. The number of carboxylic acid groups (broad SMARTS) is 1. The fourth-order valence-corrected chi connectivity index (χ4v) is 4.94. The predicted octanol–water partition coefficient (Wildman–Crippen LogP) is 8.51. The monoisotopic (exact) mass is 552 g/mol. The lowest BCUT2D eigenvalue weighted by molar-refractivity contribution is -0.139. The van der Waals surface area contributed by atoms with E-state index in [1.807, 2.05) is 6.07 Å². The number of carboxylic acids is 1. The first kappa shape index (κ1) is 28.0. The topological polar surface area (TPSA) is 46.5 Å². The molecular weight excluding hydrogens is 528 g/mol. The molecule has 0 saturated heterocycles. The first-order valence-electron chi connectivity index (χ1n) is 11.9. The molecule has 0 aromatic heterocycles. The van der Waals surface area contributed by atoms with E-state index in [-0.39, 0.29) is 5.56 Å². The Morgan fingerprint density at radius 2 is 1.64 bits per heavy atom. The molecule has 0 saturated carbocycles. The fraction of sp³-hybridized carbons (Fsp3) is 0.129. The van der Waals surface area contributed by atoms with Crippen LogP contribution in [0.5, 0.6) is 5.75 Å². The fourth-order valence-electron chi connectivity index (χ4n) is 4.07. The number of aryl methyl sites for hydroxylation is 1. The van der Waals surface area contributed by atoms with Crippen LogP contribution in [0.3, 0.4) is 0 Å². The number of hydrogen-bond donors (Lipinski definition) is 1. The quantitative estimate of drug-likeness (QED) is 0.167. The minimum atomic E-state index is -4.62. The number of aliphatic carboxylic acids is 1. The molecule has 0 fully saturated rings. The van der Waals surface area contributed by atoms with Crippen LogP contribution < -0.4 is 4.74 Å². The molecule has 200 valence electrons. The minimum Gasteiger partial charge on any atom is -0.482 e. The van der Waals surface area contributed by atoms with Gasteiger partial charge in [0.25, 0.3) is 0 Å². The lowest BCUT2D eigenvalue weighted by Gasteiger charge is -2.18. The van der Waals surface area contributed by atoms with Crippen molar-refractivity contribution < 1.29 is 32.2 Å². The number of rotatable bonds is 9. The lowest BCUT2D eigenvalue weighted by atomic mass is 9.90. The van der Waals surface area contributed by atoms with E-state index in [2.05, 4.69) is 0 Å². The Balaban J connectivity index is 1.69. The molecule has 0 heterocycles. The van der Waals surface area contributed by atoms with Crippen molar-refractivity contribution >= 4 is 23.3 Å². The van der Waals surface area contributed by atoms with Crippen LogP contribution in [0.25, 0.3) is 16.7 Å². The van der Waals surface area contributed by atoms with Gasteiger partial charge >= 0.3 is 12.1 Å². The summed E-state index contributed by atoms with van der Waals surface area (Å²) in [6.07, 6.45) is -2.91. The zero-order valence-electron chi connectivity index (χ0n) is 20.8.